The first-order chi connectivity index (χ1) is 14.9. The molecule has 0 saturated heterocycles. The van der Waals surface area contributed by atoms with Gasteiger partial charge in [0.2, 0.25) is 0 Å². The van der Waals surface area contributed by atoms with Crippen LogP contribution in [0.25, 0.3) is 44.2 Å². The molecule has 3 aromatic heterocycles. The molecule has 0 radical (unpaired) electrons. The molecule has 0 bridgehead atoms. The van der Waals surface area contributed by atoms with Crippen molar-refractivity contribution in [3.63, 3.8) is 0 Å². The van der Waals surface area contributed by atoms with E-state index in [2.05, 4.69) is 33.2 Å². The summed E-state index contributed by atoms with van der Waals surface area (Å²) in [5.41, 5.74) is 5.65. The van der Waals surface area contributed by atoms with Gasteiger partial charge in [-0.3, -0.25) is 9.78 Å². The van der Waals surface area contributed by atoms with Gasteiger partial charge in [0, 0.05) is 46.1 Å². The highest BCUT2D eigenvalue weighted by Gasteiger charge is 2.29. The summed E-state index contributed by atoms with van der Waals surface area (Å²) in [6.07, 6.45) is 5.67. The number of aromatic nitrogens is 3. The van der Waals surface area contributed by atoms with Gasteiger partial charge in [-0.25, -0.2) is 4.98 Å². The van der Waals surface area contributed by atoms with E-state index in [1.54, 1.807) is 13.8 Å². The topological polar surface area (TPSA) is 78.9 Å². The van der Waals surface area contributed by atoms with Crippen molar-refractivity contribution in [1.29, 1.82) is 0 Å². The van der Waals surface area contributed by atoms with Crippen molar-refractivity contribution in [2.24, 2.45) is 0 Å². The predicted octanol–water partition coefficient (Wildman–Crippen LogP) is 5.81. The second-order valence-corrected chi connectivity index (χ2v) is 8.25. The molecule has 0 amide bonds. The number of benzene rings is 2. The van der Waals surface area contributed by atoms with Crippen molar-refractivity contribution < 1.29 is 9.90 Å². The minimum atomic E-state index is -0.934. The number of hydrogen-bond acceptors (Lipinski definition) is 3. The van der Waals surface area contributed by atoms with E-state index in [0.29, 0.717) is 0 Å². The molecule has 31 heavy (non-hydrogen) atoms. The number of para-hydroxylation sites is 1. The lowest BCUT2D eigenvalue weighted by Crippen LogP contribution is -2.28. The fraction of sp³-hybridized carbons (Fsp3) is 0.115. The number of nitrogens with one attached hydrogen (secondary N) is 1. The Morgan fingerprint density at radius 1 is 0.903 bits per heavy atom. The summed E-state index contributed by atoms with van der Waals surface area (Å²) in [6, 6.07) is 20.0. The third kappa shape index (κ3) is 3.24. The fourth-order valence-corrected chi connectivity index (χ4v) is 3.82. The first-order valence-electron chi connectivity index (χ1n) is 10.1. The Kier molecular flexibility index (Phi) is 4.33. The Morgan fingerprint density at radius 2 is 1.61 bits per heavy atom. The van der Waals surface area contributed by atoms with E-state index in [1.165, 1.54) is 0 Å². The van der Waals surface area contributed by atoms with Gasteiger partial charge in [0.1, 0.15) is 5.65 Å². The highest BCUT2D eigenvalue weighted by atomic mass is 16.4. The summed E-state index contributed by atoms with van der Waals surface area (Å²) in [7, 11) is 0. The maximum atomic E-state index is 11.5. The zero-order chi connectivity index (χ0) is 21.6. The molecule has 5 rings (SSSR count). The first-order valence-corrected chi connectivity index (χ1v) is 10.1. The van der Waals surface area contributed by atoms with Gasteiger partial charge in [-0.05, 0) is 43.2 Å². The van der Waals surface area contributed by atoms with Crippen LogP contribution in [0.15, 0.2) is 79.3 Å². The monoisotopic (exact) mass is 407 g/mol. The molecule has 0 aliphatic carbocycles. The summed E-state index contributed by atoms with van der Waals surface area (Å²) < 4.78 is 0. The molecule has 5 nitrogen and oxygen atoms in total. The number of carbonyl (C=O) groups is 1. The molecule has 0 saturated carbocycles. The van der Waals surface area contributed by atoms with Crippen LogP contribution in [0.2, 0.25) is 0 Å². The molecule has 5 aromatic rings. The molecule has 3 heterocycles. The molecule has 0 unspecified atom stereocenters. The van der Waals surface area contributed by atoms with Gasteiger partial charge in [0.05, 0.1) is 10.9 Å². The highest BCUT2D eigenvalue weighted by Crippen LogP contribution is 2.33. The Labute approximate surface area is 179 Å². The molecule has 5 heteroatoms. The van der Waals surface area contributed by atoms with Crippen molar-refractivity contribution in [3.8, 4) is 22.3 Å². The lowest BCUT2D eigenvalue weighted by molar-refractivity contribution is -0.142. The van der Waals surface area contributed by atoms with E-state index in [1.807, 2.05) is 61.1 Å². The molecular weight excluding hydrogens is 386 g/mol. The van der Waals surface area contributed by atoms with E-state index < -0.39 is 11.4 Å². The number of aromatic amines is 1. The molecule has 2 aromatic carbocycles. The maximum absolute atomic E-state index is 11.5. The van der Waals surface area contributed by atoms with Gasteiger partial charge in [0.15, 0.2) is 0 Å². The Balaban J connectivity index is 1.57. The van der Waals surface area contributed by atoms with E-state index in [4.69, 9.17) is 0 Å². The van der Waals surface area contributed by atoms with Crippen molar-refractivity contribution in [2.75, 3.05) is 0 Å². The summed E-state index contributed by atoms with van der Waals surface area (Å²) in [5.74, 6) is -0.842. The SMILES string of the molecule is CC(C)(C(=O)O)c1ccc(-c2c[nH]c3ncc(-c4cnc5ccccc5c4)cc23)cc1. The molecule has 0 aliphatic rings. The van der Waals surface area contributed by atoms with Crippen LogP contribution in [0.1, 0.15) is 19.4 Å². The molecule has 0 atom stereocenters. The van der Waals surface area contributed by atoms with Crippen LogP contribution in [-0.4, -0.2) is 26.0 Å². The van der Waals surface area contributed by atoms with E-state index in [9.17, 15) is 9.90 Å². The molecule has 0 fully saturated rings. The Hall–Kier alpha value is -3.99. The van der Waals surface area contributed by atoms with Crippen molar-refractivity contribution in [2.45, 2.75) is 19.3 Å². The van der Waals surface area contributed by atoms with Crippen LogP contribution >= 0.6 is 0 Å². The smallest absolute Gasteiger partial charge is 0.313 e. The van der Waals surface area contributed by atoms with Gasteiger partial charge >= 0.3 is 5.97 Å². The lowest BCUT2D eigenvalue weighted by atomic mass is 9.84. The summed E-state index contributed by atoms with van der Waals surface area (Å²) in [6.45, 7) is 3.42. The largest absolute Gasteiger partial charge is 0.481 e. The Morgan fingerprint density at radius 3 is 2.39 bits per heavy atom. The van der Waals surface area contributed by atoms with E-state index in [0.717, 1.165) is 49.8 Å². The van der Waals surface area contributed by atoms with Crippen LogP contribution in [0.3, 0.4) is 0 Å². The second-order valence-electron chi connectivity index (χ2n) is 8.25. The van der Waals surface area contributed by atoms with Crippen molar-refractivity contribution >= 4 is 27.9 Å². The van der Waals surface area contributed by atoms with E-state index >= 15 is 0 Å². The molecule has 152 valence electrons. The standard InChI is InChI=1S/C26H21N3O2/c1-26(2,25(30)31)20-9-7-16(8-10-20)22-15-29-24-21(22)12-19(14-28-24)18-11-17-5-3-4-6-23(17)27-13-18/h3-15H,1-2H3,(H,28,29)(H,30,31). The fourth-order valence-electron chi connectivity index (χ4n) is 3.82. The maximum Gasteiger partial charge on any atom is 0.313 e. The number of aliphatic carboxylic acids is 1. The number of rotatable bonds is 4. The average Bonchev–Trinajstić information content (AvgIpc) is 3.22. The number of nitrogens with zero attached hydrogens (tertiary/aromatic N) is 2. The third-order valence-corrected chi connectivity index (χ3v) is 5.91. The highest BCUT2D eigenvalue weighted by molar-refractivity contribution is 5.96. The zero-order valence-corrected chi connectivity index (χ0v) is 17.3. The van der Waals surface area contributed by atoms with Crippen molar-refractivity contribution in [1.82, 2.24) is 15.0 Å². The number of fused-ring (bicyclic) bond motifs is 2. The number of pyridine rings is 2. The van der Waals surface area contributed by atoms with Gasteiger partial charge in [-0.2, -0.15) is 0 Å². The second kappa shape index (κ2) is 7.06. The lowest BCUT2D eigenvalue weighted by Gasteiger charge is -2.19. The van der Waals surface area contributed by atoms with E-state index in [-0.39, 0.29) is 0 Å². The molecule has 2 N–H and O–H groups in total. The number of carboxylic acid groups (broad SMARTS) is 1. The average molecular weight is 407 g/mol. The normalized spacial score (nSPS) is 11.8. The zero-order valence-electron chi connectivity index (χ0n) is 17.3. The minimum Gasteiger partial charge on any atom is -0.481 e. The third-order valence-electron chi connectivity index (χ3n) is 5.91. The number of hydrogen-bond donors (Lipinski definition) is 2. The molecule has 0 spiro atoms. The molecule has 0 aliphatic heterocycles. The van der Waals surface area contributed by atoms with Gasteiger partial charge in [-0.1, -0.05) is 42.5 Å². The summed E-state index contributed by atoms with van der Waals surface area (Å²) >= 11 is 0. The van der Waals surface area contributed by atoms with Crippen LogP contribution in [-0.2, 0) is 10.2 Å². The van der Waals surface area contributed by atoms with Gasteiger partial charge < -0.3 is 10.1 Å². The quantitative estimate of drug-likeness (QED) is 0.394. The first kappa shape index (κ1) is 19.0. The minimum absolute atomic E-state index is 0.768. The van der Waals surface area contributed by atoms with Crippen LogP contribution in [0.5, 0.6) is 0 Å². The van der Waals surface area contributed by atoms with Crippen LogP contribution < -0.4 is 0 Å². The molecular formula is C26H21N3O2. The number of carboxylic acids is 1. The van der Waals surface area contributed by atoms with Gasteiger partial charge in [0.25, 0.3) is 0 Å². The Bertz CT molecular complexity index is 1430. The number of H-pyrrole nitrogens is 1. The van der Waals surface area contributed by atoms with Gasteiger partial charge in [-0.15, -0.1) is 0 Å². The van der Waals surface area contributed by atoms with Crippen molar-refractivity contribution in [3.05, 3.63) is 84.8 Å². The predicted molar refractivity (Wildman–Crippen MR) is 123 cm³/mol. The summed E-state index contributed by atoms with van der Waals surface area (Å²) in [5, 5.41) is 11.6. The van der Waals surface area contributed by atoms with Crippen LogP contribution in [0.4, 0.5) is 0 Å². The summed E-state index contributed by atoms with van der Waals surface area (Å²) in [4.78, 5) is 24.0. The van der Waals surface area contributed by atoms with Crippen LogP contribution in [0, 0.1) is 0 Å².